The van der Waals surface area contributed by atoms with Gasteiger partial charge in [-0.25, -0.2) is 13.8 Å². The summed E-state index contributed by atoms with van der Waals surface area (Å²) in [4.78, 5) is 30.1. The monoisotopic (exact) mass is 331 g/mol. The zero-order valence-electron chi connectivity index (χ0n) is 12.9. The van der Waals surface area contributed by atoms with Crippen LogP contribution in [0.4, 0.5) is 20.3 Å². The van der Waals surface area contributed by atoms with E-state index in [0.29, 0.717) is 5.82 Å². The number of aryl methyl sites for hydroxylation is 1. The van der Waals surface area contributed by atoms with E-state index in [1.165, 1.54) is 4.90 Å². The summed E-state index contributed by atoms with van der Waals surface area (Å²) in [6, 6.07) is 6.42. The summed E-state index contributed by atoms with van der Waals surface area (Å²) in [6.45, 7) is 2.02. The number of anilines is 2. The summed E-state index contributed by atoms with van der Waals surface area (Å²) in [6.07, 6.45) is 1.82. The van der Waals surface area contributed by atoms with Crippen LogP contribution in [0.2, 0.25) is 0 Å². The average molecular weight is 331 g/mol. The molecule has 24 heavy (non-hydrogen) atoms. The quantitative estimate of drug-likeness (QED) is 0.880. The Bertz CT molecular complexity index is 790. The van der Waals surface area contributed by atoms with E-state index in [1.807, 2.05) is 0 Å². The number of pyridine rings is 1. The third kappa shape index (κ3) is 3.10. The lowest BCUT2D eigenvalue weighted by Gasteiger charge is -2.17. The summed E-state index contributed by atoms with van der Waals surface area (Å²) in [5, 5.41) is 2.63. The van der Waals surface area contributed by atoms with Crippen LogP contribution in [0.25, 0.3) is 0 Å². The molecule has 0 spiro atoms. The van der Waals surface area contributed by atoms with Gasteiger partial charge in [0.25, 0.3) is 0 Å². The van der Waals surface area contributed by atoms with Crippen molar-refractivity contribution in [3.8, 4) is 0 Å². The summed E-state index contributed by atoms with van der Waals surface area (Å²) >= 11 is 0. The van der Waals surface area contributed by atoms with Gasteiger partial charge in [0.2, 0.25) is 11.8 Å². The maximum absolute atomic E-state index is 13.3. The summed E-state index contributed by atoms with van der Waals surface area (Å²) in [5.74, 6) is -3.00. The molecule has 2 aromatic rings. The van der Waals surface area contributed by atoms with Gasteiger partial charge in [-0.2, -0.15) is 0 Å². The summed E-state index contributed by atoms with van der Waals surface area (Å²) < 4.78 is 26.7. The van der Waals surface area contributed by atoms with Crippen LogP contribution in [-0.2, 0) is 9.59 Å². The Morgan fingerprint density at radius 2 is 2.00 bits per heavy atom. The minimum atomic E-state index is -0.905. The van der Waals surface area contributed by atoms with Gasteiger partial charge >= 0.3 is 0 Å². The van der Waals surface area contributed by atoms with Crippen LogP contribution in [0.15, 0.2) is 36.5 Å². The van der Waals surface area contributed by atoms with E-state index in [4.69, 9.17) is 0 Å². The number of carbonyl (C=O) groups is 2. The number of aromatic nitrogens is 1. The van der Waals surface area contributed by atoms with Crippen LogP contribution in [0.5, 0.6) is 0 Å². The highest BCUT2D eigenvalue weighted by Gasteiger charge is 2.38. The van der Waals surface area contributed by atoms with Gasteiger partial charge in [-0.15, -0.1) is 0 Å². The Balaban J connectivity index is 1.76. The molecule has 0 saturated carbocycles. The number of amides is 2. The molecule has 1 aromatic heterocycles. The number of benzene rings is 1. The average Bonchev–Trinajstić information content (AvgIpc) is 2.90. The Morgan fingerprint density at radius 3 is 2.67 bits per heavy atom. The van der Waals surface area contributed by atoms with Crippen molar-refractivity contribution in [1.82, 2.24) is 4.98 Å². The van der Waals surface area contributed by atoms with E-state index in [0.717, 1.165) is 23.8 Å². The second-order valence-corrected chi connectivity index (χ2v) is 5.62. The molecule has 1 atom stereocenters. The Morgan fingerprint density at radius 1 is 1.29 bits per heavy atom. The van der Waals surface area contributed by atoms with Crippen molar-refractivity contribution in [1.29, 1.82) is 0 Å². The van der Waals surface area contributed by atoms with E-state index in [1.54, 1.807) is 25.3 Å². The predicted molar refractivity (Wildman–Crippen MR) is 84.4 cm³/mol. The molecular formula is C17H15F2N3O2. The van der Waals surface area contributed by atoms with Gasteiger partial charge in [0.05, 0.1) is 0 Å². The first-order valence-corrected chi connectivity index (χ1v) is 7.45. The van der Waals surface area contributed by atoms with Crippen molar-refractivity contribution in [2.24, 2.45) is 5.92 Å². The van der Waals surface area contributed by atoms with Crippen LogP contribution in [0, 0.1) is 24.5 Å². The third-order valence-electron chi connectivity index (χ3n) is 3.93. The smallest absolute Gasteiger partial charge is 0.239 e. The van der Waals surface area contributed by atoms with E-state index < -0.39 is 29.4 Å². The van der Waals surface area contributed by atoms with E-state index in [2.05, 4.69) is 10.3 Å². The van der Waals surface area contributed by atoms with E-state index in [9.17, 15) is 18.4 Å². The molecule has 2 heterocycles. The number of nitrogens with one attached hydrogen (secondary N) is 1. The molecule has 1 aliphatic heterocycles. The highest BCUT2D eigenvalue weighted by Crippen LogP contribution is 2.27. The van der Waals surface area contributed by atoms with Crippen molar-refractivity contribution in [2.45, 2.75) is 13.3 Å². The summed E-state index contributed by atoms with van der Waals surface area (Å²) in [7, 11) is 0. The van der Waals surface area contributed by atoms with Gasteiger partial charge < -0.3 is 10.2 Å². The molecule has 1 unspecified atom stereocenters. The fourth-order valence-electron chi connectivity index (χ4n) is 2.70. The molecule has 1 saturated heterocycles. The van der Waals surface area contributed by atoms with Crippen molar-refractivity contribution in [3.63, 3.8) is 0 Å². The maximum Gasteiger partial charge on any atom is 0.239 e. The third-order valence-corrected chi connectivity index (χ3v) is 3.93. The van der Waals surface area contributed by atoms with Crippen LogP contribution >= 0.6 is 0 Å². The number of hydrogen-bond donors (Lipinski definition) is 1. The molecule has 0 radical (unpaired) electrons. The SMILES string of the molecule is Cc1cccnc1NC(=O)C1CCN(c2cc(F)cc(F)c2)C1=O. The van der Waals surface area contributed by atoms with Crippen LogP contribution in [0.1, 0.15) is 12.0 Å². The lowest BCUT2D eigenvalue weighted by molar-refractivity contribution is -0.129. The number of nitrogens with zero attached hydrogens (tertiary/aromatic N) is 2. The van der Waals surface area contributed by atoms with Crippen LogP contribution in [-0.4, -0.2) is 23.3 Å². The number of carbonyl (C=O) groups excluding carboxylic acids is 2. The van der Waals surface area contributed by atoms with E-state index in [-0.39, 0.29) is 18.7 Å². The van der Waals surface area contributed by atoms with Gasteiger partial charge in [0, 0.05) is 24.5 Å². The van der Waals surface area contributed by atoms with E-state index >= 15 is 0 Å². The van der Waals surface area contributed by atoms with Gasteiger partial charge in [-0.05, 0) is 37.1 Å². The Kier molecular flexibility index (Phi) is 4.24. The van der Waals surface area contributed by atoms with Crippen molar-refractivity contribution in [3.05, 3.63) is 53.7 Å². The second-order valence-electron chi connectivity index (χ2n) is 5.62. The van der Waals surface area contributed by atoms with Crippen LogP contribution < -0.4 is 10.2 Å². The molecule has 5 nitrogen and oxygen atoms in total. The minimum Gasteiger partial charge on any atom is -0.311 e. The standard InChI is InChI=1S/C17H15F2N3O2/c1-10-3-2-5-20-15(10)21-16(23)14-4-6-22(17(14)24)13-8-11(18)7-12(19)9-13/h2-3,5,7-9,14H,4,6H2,1H3,(H,20,21,23). The molecular weight excluding hydrogens is 316 g/mol. The van der Waals surface area contributed by atoms with Gasteiger partial charge in [-0.1, -0.05) is 6.07 Å². The largest absolute Gasteiger partial charge is 0.311 e. The van der Waals surface area contributed by atoms with Crippen molar-refractivity contribution >= 4 is 23.3 Å². The Hall–Kier alpha value is -2.83. The topological polar surface area (TPSA) is 62.3 Å². The molecule has 0 bridgehead atoms. The highest BCUT2D eigenvalue weighted by molar-refractivity contribution is 6.13. The van der Waals surface area contributed by atoms with Crippen LogP contribution in [0.3, 0.4) is 0 Å². The predicted octanol–water partition coefficient (Wildman–Crippen LogP) is 2.66. The molecule has 1 aliphatic rings. The molecule has 3 rings (SSSR count). The van der Waals surface area contributed by atoms with Crippen molar-refractivity contribution < 1.29 is 18.4 Å². The minimum absolute atomic E-state index is 0.113. The normalized spacial score (nSPS) is 17.2. The number of rotatable bonds is 3. The first-order chi connectivity index (χ1) is 11.5. The lowest BCUT2D eigenvalue weighted by atomic mass is 10.1. The highest BCUT2D eigenvalue weighted by atomic mass is 19.1. The number of halogens is 2. The van der Waals surface area contributed by atoms with Gasteiger partial charge in [0.15, 0.2) is 0 Å². The zero-order chi connectivity index (χ0) is 17.3. The zero-order valence-corrected chi connectivity index (χ0v) is 12.9. The Labute approximate surface area is 137 Å². The molecule has 7 heteroatoms. The fourth-order valence-corrected chi connectivity index (χ4v) is 2.70. The molecule has 2 amide bonds. The molecule has 1 aromatic carbocycles. The lowest BCUT2D eigenvalue weighted by Crippen LogP contribution is -2.33. The first-order valence-electron chi connectivity index (χ1n) is 7.45. The second kappa shape index (κ2) is 6.35. The molecule has 124 valence electrons. The first kappa shape index (κ1) is 16.0. The maximum atomic E-state index is 13.3. The van der Waals surface area contributed by atoms with Crippen molar-refractivity contribution in [2.75, 3.05) is 16.8 Å². The summed E-state index contributed by atoms with van der Waals surface area (Å²) in [5.41, 5.74) is 0.891. The van der Waals surface area contributed by atoms with Gasteiger partial charge in [0.1, 0.15) is 23.4 Å². The van der Waals surface area contributed by atoms with Gasteiger partial charge in [-0.3, -0.25) is 9.59 Å². The fraction of sp³-hybridized carbons (Fsp3) is 0.235. The number of hydrogen-bond acceptors (Lipinski definition) is 3. The molecule has 0 aliphatic carbocycles. The molecule has 1 fully saturated rings. The molecule has 1 N–H and O–H groups in total.